The molecule has 0 saturated carbocycles. The van der Waals surface area contributed by atoms with Gasteiger partial charge in [-0.25, -0.2) is 4.79 Å². The fourth-order valence-electron chi connectivity index (χ4n) is 2.66. The third-order valence-corrected chi connectivity index (χ3v) is 4.18. The number of quaternary nitrogens is 1. The third kappa shape index (κ3) is 4.29. The Bertz CT molecular complexity index is 568. The van der Waals surface area contributed by atoms with E-state index in [1.165, 1.54) is 7.05 Å². The van der Waals surface area contributed by atoms with Gasteiger partial charge in [-0.3, -0.25) is 14.9 Å². The second-order valence-corrected chi connectivity index (χ2v) is 5.61. The maximum absolute atomic E-state index is 12.4. The molecule has 1 atom stereocenters. The van der Waals surface area contributed by atoms with Crippen LogP contribution >= 0.6 is 0 Å². The average molecular weight is 319 g/mol. The van der Waals surface area contributed by atoms with Gasteiger partial charge in [0.1, 0.15) is 0 Å². The zero-order valence-corrected chi connectivity index (χ0v) is 13.5. The SMILES string of the molecule is CNC(=O)NC(=O)[C@H](C)[NH+]1CCN(C(=O)c2ccccc2)CC1. The first kappa shape index (κ1) is 17.0. The van der Waals surface area contributed by atoms with Crippen molar-refractivity contribution in [1.82, 2.24) is 15.5 Å². The summed E-state index contributed by atoms with van der Waals surface area (Å²) in [5.74, 6) is -0.283. The molecular weight excluding hydrogens is 296 g/mol. The van der Waals surface area contributed by atoms with Crippen LogP contribution in [0.5, 0.6) is 0 Å². The molecule has 2 rings (SSSR count). The van der Waals surface area contributed by atoms with Gasteiger partial charge in [-0.2, -0.15) is 0 Å². The van der Waals surface area contributed by atoms with E-state index in [1.54, 1.807) is 19.1 Å². The molecule has 3 N–H and O–H groups in total. The number of piperazine rings is 1. The van der Waals surface area contributed by atoms with Crippen molar-refractivity contribution in [2.45, 2.75) is 13.0 Å². The summed E-state index contributed by atoms with van der Waals surface area (Å²) in [6.45, 7) is 4.35. The van der Waals surface area contributed by atoms with E-state index in [1.807, 2.05) is 23.1 Å². The molecule has 1 saturated heterocycles. The van der Waals surface area contributed by atoms with Crippen LogP contribution in [0, 0.1) is 0 Å². The quantitative estimate of drug-likeness (QED) is 0.659. The van der Waals surface area contributed by atoms with Gasteiger partial charge in [-0.05, 0) is 19.1 Å². The van der Waals surface area contributed by atoms with E-state index in [9.17, 15) is 14.4 Å². The Morgan fingerprint density at radius 3 is 2.30 bits per heavy atom. The van der Waals surface area contributed by atoms with Gasteiger partial charge in [0.05, 0.1) is 26.2 Å². The van der Waals surface area contributed by atoms with Crippen molar-refractivity contribution in [3.05, 3.63) is 35.9 Å². The smallest absolute Gasteiger partial charge is 0.321 e. The summed E-state index contributed by atoms with van der Waals surface area (Å²) < 4.78 is 0. The summed E-state index contributed by atoms with van der Waals surface area (Å²) in [5.41, 5.74) is 0.682. The number of carbonyl (C=O) groups excluding carboxylic acids is 3. The Labute approximate surface area is 135 Å². The average Bonchev–Trinajstić information content (AvgIpc) is 2.61. The first-order valence-electron chi connectivity index (χ1n) is 7.74. The Hall–Kier alpha value is -2.41. The predicted molar refractivity (Wildman–Crippen MR) is 85.1 cm³/mol. The molecule has 7 heteroatoms. The van der Waals surface area contributed by atoms with Crippen molar-refractivity contribution in [2.75, 3.05) is 33.2 Å². The minimum atomic E-state index is -0.501. The standard InChI is InChI=1S/C16H22N4O3/c1-12(14(21)18-16(23)17-2)19-8-10-20(11-9-19)15(22)13-6-4-3-5-7-13/h3-7,12H,8-11H2,1-2H3,(H2,17,18,21,23)/p+1/t12-/m0/s1. The molecule has 0 radical (unpaired) electrons. The normalized spacial score (nSPS) is 16.5. The monoisotopic (exact) mass is 319 g/mol. The van der Waals surface area contributed by atoms with E-state index in [0.29, 0.717) is 31.7 Å². The van der Waals surface area contributed by atoms with E-state index in [0.717, 1.165) is 4.90 Å². The first-order chi connectivity index (χ1) is 11.0. The highest BCUT2D eigenvalue weighted by Crippen LogP contribution is 2.04. The number of benzene rings is 1. The van der Waals surface area contributed by atoms with Crippen molar-refractivity contribution in [2.24, 2.45) is 0 Å². The fraction of sp³-hybridized carbons (Fsp3) is 0.438. The molecule has 23 heavy (non-hydrogen) atoms. The first-order valence-corrected chi connectivity index (χ1v) is 7.74. The second kappa shape index (κ2) is 7.73. The van der Waals surface area contributed by atoms with E-state index in [2.05, 4.69) is 10.6 Å². The van der Waals surface area contributed by atoms with Crippen LogP contribution in [0.2, 0.25) is 0 Å². The highest BCUT2D eigenvalue weighted by atomic mass is 16.2. The van der Waals surface area contributed by atoms with E-state index >= 15 is 0 Å². The van der Waals surface area contributed by atoms with Gasteiger partial charge in [0.2, 0.25) is 0 Å². The molecule has 0 aliphatic carbocycles. The maximum atomic E-state index is 12.4. The van der Waals surface area contributed by atoms with Crippen LogP contribution in [0.15, 0.2) is 30.3 Å². The maximum Gasteiger partial charge on any atom is 0.321 e. The number of rotatable bonds is 3. The van der Waals surface area contributed by atoms with Crippen molar-refractivity contribution < 1.29 is 19.3 Å². The van der Waals surface area contributed by atoms with E-state index in [4.69, 9.17) is 0 Å². The number of imide groups is 1. The van der Waals surface area contributed by atoms with Crippen LogP contribution in [0.25, 0.3) is 0 Å². The number of hydrogen-bond donors (Lipinski definition) is 3. The fourth-order valence-corrected chi connectivity index (χ4v) is 2.66. The highest BCUT2D eigenvalue weighted by Gasteiger charge is 2.31. The Balaban J connectivity index is 1.87. The van der Waals surface area contributed by atoms with Crippen LogP contribution < -0.4 is 15.5 Å². The van der Waals surface area contributed by atoms with Crippen LogP contribution in [0.3, 0.4) is 0 Å². The van der Waals surface area contributed by atoms with Crippen LogP contribution in [-0.4, -0.2) is 62.0 Å². The number of hydrogen-bond acceptors (Lipinski definition) is 3. The topological polar surface area (TPSA) is 82.9 Å². The number of carbonyl (C=O) groups is 3. The zero-order chi connectivity index (χ0) is 16.8. The number of nitrogens with one attached hydrogen (secondary N) is 3. The lowest BCUT2D eigenvalue weighted by molar-refractivity contribution is -0.917. The molecule has 1 aliphatic rings. The predicted octanol–water partition coefficient (Wildman–Crippen LogP) is -1.13. The van der Waals surface area contributed by atoms with Crippen LogP contribution in [0.1, 0.15) is 17.3 Å². The summed E-state index contributed by atoms with van der Waals surface area (Å²) in [5, 5.41) is 4.66. The number of amides is 4. The van der Waals surface area contributed by atoms with Crippen LogP contribution in [0.4, 0.5) is 4.79 Å². The Kier molecular flexibility index (Phi) is 5.70. The van der Waals surface area contributed by atoms with Gasteiger partial charge in [0, 0.05) is 12.6 Å². The molecule has 1 aromatic carbocycles. The largest absolute Gasteiger partial charge is 0.341 e. The van der Waals surface area contributed by atoms with Crippen molar-refractivity contribution in [1.29, 1.82) is 0 Å². The van der Waals surface area contributed by atoms with Gasteiger partial charge < -0.3 is 15.1 Å². The molecule has 1 aliphatic heterocycles. The number of nitrogens with zero attached hydrogens (tertiary/aromatic N) is 1. The van der Waals surface area contributed by atoms with Gasteiger partial charge in [-0.15, -0.1) is 0 Å². The number of urea groups is 1. The minimum Gasteiger partial charge on any atom is -0.341 e. The summed E-state index contributed by atoms with van der Waals surface area (Å²) >= 11 is 0. The second-order valence-electron chi connectivity index (χ2n) is 5.61. The molecule has 0 bridgehead atoms. The molecule has 1 aromatic rings. The van der Waals surface area contributed by atoms with Crippen molar-refractivity contribution >= 4 is 17.8 Å². The lowest BCUT2D eigenvalue weighted by atomic mass is 10.1. The Morgan fingerprint density at radius 2 is 1.74 bits per heavy atom. The lowest BCUT2D eigenvalue weighted by Gasteiger charge is -2.34. The minimum absolute atomic E-state index is 0.0205. The van der Waals surface area contributed by atoms with E-state index in [-0.39, 0.29) is 17.9 Å². The molecule has 4 amide bonds. The molecule has 124 valence electrons. The summed E-state index contributed by atoms with van der Waals surface area (Å²) in [7, 11) is 1.47. The highest BCUT2D eigenvalue weighted by molar-refractivity contribution is 5.96. The van der Waals surface area contributed by atoms with Gasteiger partial charge in [0.25, 0.3) is 11.8 Å². The molecule has 1 fully saturated rings. The third-order valence-electron chi connectivity index (χ3n) is 4.18. The van der Waals surface area contributed by atoms with Crippen molar-refractivity contribution in [3.63, 3.8) is 0 Å². The molecule has 7 nitrogen and oxygen atoms in total. The Morgan fingerprint density at radius 1 is 1.13 bits per heavy atom. The van der Waals surface area contributed by atoms with E-state index < -0.39 is 6.03 Å². The molecule has 1 heterocycles. The molecular formula is C16H23N4O3+. The molecule has 0 aromatic heterocycles. The van der Waals surface area contributed by atoms with Gasteiger partial charge in [0.15, 0.2) is 6.04 Å². The summed E-state index contributed by atoms with van der Waals surface area (Å²) in [6.07, 6.45) is 0. The van der Waals surface area contributed by atoms with Gasteiger partial charge in [-0.1, -0.05) is 18.2 Å². The lowest BCUT2D eigenvalue weighted by Crippen LogP contribution is -3.19. The molecule has 0 unspecified atom stereocenters. The van der Waals surface area contributed by atoms with Crippen molar-refractivity contribution in [3.8, 4) is 0 Å². The summed E-state index contributed by atoms with van der Waals surface area (Å²) in [4.78, 5) is 38.4. The molecule has 0 spiro atoms. The van der Waals surface area contributed by atoms with Crippen LogP contribution in [-0.2, 0) is 4.79 Å². The summed E-state index contributed by atoms with van der Waals surface area (Å²) in [6, 6.07) is 8.35. The van der Waals surface area contributed by atoms with Gasteiger partial charge >= 0.3 is 6.03 Å². The zero-order valence-electron chi connectivity index (χ0n) is 13.5.